The summed E-state index contributed by atoms with van der Waals surface area (Å²) in [6, 6.07) is 18.7. The van der Waals surface area contributed by atoms with Gasteiger partial charge in [0.1, 0.15) is 11.3 Å². The fourth-order valence-electron chi connectivity index (χ4n) is 4.39. The van der Waals surface area contributed by atoms with Gasteiger partial charge in [0.15, 0.2) is 0 Å². The lowest BCUT2D eigenvalue weighted by atomic mass is 10.1. The Hall–Kier alpha value is -4.06. The van der Waals surface area contributed by atoms with Crippen LogP contribution in [0.25, 0.3) is 54.9 Å². The predicted molar refractivity (Wildman–Crippen MR) is 109 cm³/mol. The topological polar surface area (TPSA) is 68.7 Å². The van der Waals surface area contributed by atoms with Gasteiger partial charge in [-0.1, -0.05) is 24.3 Å². The number of fused-ring (bicyclic) bond motifs is 10. The summed E-state index contributed by atoms with van der Waals surface area (Å²) < 4.78 is 3.26. The molecule has 130 valence electrons. The van der Waals surface area contributed by atoms with Gasteiger partial charge in [0.25, 0.3) is 11.1 Å². The minimum atomic E-state index is -0.149. The number of benzene rings is 3. The van der Waals surface area contributed by atoms with Crippen molar-refractivity contribution < 1.29 is 0 Å². The van der Waals surface area contributed by atoms with Crippen molar-refractivity contribution in [3.05, 3.63) is 81.4 Å². The van der Waals surface area contributed by atoms with E-state index < -0.39 is 0 Å². The molecule has 0 unspecified atom stereocenters. The number of hydrogen-bond donors (Lipinski definition) is 0. The average molecular weight is 362 g/mol. The maximum atomic E-state index is 13.1. The first-order valence-electron chi connectivity index (χ1n) is 8.95. The number of para-hydroxylation sites is 4. The zero-order chi connectivity index (χ0) is 18.6. The highest BCUT2D eigenvalue weighted by Crippen LogP contribution is 2.29. The first kappa shape index (κ1) is 14.1. The Morgan fingerprint density at radius 2 is 1.00 bits per heavy atom. The van der Waals surface area contributed by atoms with E-state index in [1.807, 2.05) is 54.6 Å². The van der Waals surface area contributed by atoms with Crippen molar-refractivity contribution in [3.63, 3.8) is 0 Å². The van der Waals surface area contributed by atoms with E-state index in [1.165, 1.54) is 0 Å². The molecule has 0 N–H and O–H groups in total. The summed E-state index contributed by atoms with van der Waals surface area (Å²) in [7, 11) is 0. The third-order valence-electron chi connectivity index (χ3n) is 5.63. The smallest absolute Gasteiger partial charge is 0.264 e. The van der Waals surface area contributed by atoms with Crippen LogP contribution in [0.3, 0.4) is 0 Å². The molecule has 28 heavy (non-hydrogen) atoms. The zero-order valence-corrected chi connectivity index (χ0v) is 14.4. The SMILES string of the molecule is O=c1c2cc3c(=O)n4c5ccccc5nc4c3cc2c2nc3ccccc3n12. The van der Waals surface area contributed by atoms with Gasteiger partial charge in [0.2, 0.25) is 0 Å². The summed E-state index contributed by atoms with van der Waals surface area (Å²) in [5.74, 6) is 0. The van der Waals surface area contributed by atoms with Gasteiger partial charge >= 0.3 is 0 Å². The first-order chi connectivity index (χ1) is 13.7. The maximum absolute atomic E-state index is 13.1. The highest BCUT2D eigenvalue weighted by molar-refractivity contribution is 6.11. The van der Waals surface area contributed by atoms with E-state index in [0.29, 0.717) is 22.1 Å². The minimum Gasteiger partial charge on any atom is -0.268 e. The van der Waals surface area contributed by atoms with Crippen LogP contribution in [0.15, 0.2) is 70.3 Å². The number of aromatic nitrogens is 4. The van der Waals surface area contributed by atoms with Gasteiger partial charge in [-0.05, 0) is 36.4 Å². The van der Waals surface area contributed by atoms with E-state index in [-0.39, 0.29) is 11.1 Å². The van der Waals surface area contributed by atoms with Crippen molar-refractivity contribution in [2.45, 2.75) is 0 Å². The molecule has 0 aliphatic rings. The van der Waals surface area contributed by atoms with Gasteiger partial charge < -0.3 is 0 Å². The number of imidazole rings is 2. The molecule has 7 rings (SSSR count). The largest absolute Gasteiger partial charge is 0.268 e. The number of hydrogen-bond acceptors (Lipinski definition) is 4. The standard InChI is InChI=1S/C22H10N4O2/c27-21-13-10-14-12(20-24-16-6-2-4-8-18(16)26(20)22(14)28)9-11(13)19-23-15-5-1-3-7-17(15)25(19)21/h1-10H. The molecule has 3 aromatic carbocycles. The molecule has 0 amide bonds. The van der Waals surface area contributed by atoms with Crippen LogP contribution in [0.1, 0.15) is 0 Å². The lowest BCUT2D eigenvalue weighted by Crippen LogP contribution is -2.07. The van der Waals surface area contributed by atoms with Crippen molar-refractivity contribution in [2.24, 2.45) is 0 Å². The Morgan fingerprint density at radius 3 is 1.50 bits per heavy atom. The molecule has 0 atom stereocenters. The predicted octanol–water partition coefficient (Wildman–Crippen LogP) is 3.19. The van der Waals surface area contributed by atoms with Crippen molar-refractivity contribution in [2.75, 3.05) is 0 Å². The van der Waals surface area contributed by atoms with Gasteiger partial charge in [0, 0.05) is 10.8 Å². The molecule has 4 aromatic heterocycles. The molecule has 0 bridgehead atoms. The molecular weight excluding hydrogens is 352 g/mol. The van der Waals surface area contributed by atoms with Gasteiger partial charge in [-0.25, -0.2) is 9.97 Å². The molecule has 0 saturated carbocycles. The average Bonchev–Trinajstić information content (AvgIpc) is 3.42. The van der Waals surface area contributed by atoms with E-state index >= 15 is 0 Å². The van der Waals surface area contributed by atoms with E-state index in [0.717, 1.165) is 32.8 Å². The monoisotopic (exact) mass is 362 g/mol. The Labute approximate surface area is 155 Å². The van der Waals surface area contributed by atoms with Gasteiger partial charge in [-0.3, -0.25) is 18.4 Å². The van der Waals surface area contributed by atoms with Crippen LogP contribution < -0.4 is 11.1 Å². The second-order valence-electron chi connectivity index (χ2n) is 7.07. The molecular formula is C22H10N4O2. The summed E-state index contributed by atoms with van der Waals surface area (Å²) >= 11 is 0. The Balaban J connectivity index is 1.77. The van der Waals surface area contributed by atoms with Crippen molar-refractivity contribution >= 4 is 54.9 Å². The highest BCUT2D eigenvalue weighted by atomic mass is 16.1. The van der Waals surface area contributed by atoms with Crippen LogP contribution in [0.4, 0.5) is 0 Å². The van der Waals surface area contributed by atoms with Crippen molar-refractivity contribution in [1.82, 2.24) is 18.8 Å². The molecule has 0 aliphatic carbocycles. The first-order valence-corrected chi connectivity index (χ1v) is 8.95. The summed E-state index contributed by atoms with van der Waals surface area (Å²) in [5, 5.41) is 2.51. The quantitative estimate of drug-likeness (QED) is 0.415. The zero-order valence-electron chi connectivity index (χ0n) is 14.4. The summed E-state index contributed by atoms with van der Waals surface area (Å²) in [5.41, 5.74) is 4.04. The molecule has 6 heteroatoms. The Bertz CT molecular complexity index is 1730. The van der Waals surface area contributed by atoms with Crippen LogP contribution in [-0.4, -0.2) is 18.8 Å². The molecule has 7 aromatic rings. The van der Waals surface area contributed by atoms with Crippen molar-refractivity contribution in [1.29, 1.82) is 0 Å². The van der Waals surface area contributed by atoms with Gasteiger partial charge in [-0.2, -0.15) is 0 Å². The van der Waals surface area contributed by atoms with Crippen LogP contribution in [0.2, 0.25) is 0 Å². The molecule has 4 heterocycles. The Morgan fingerprint density at radius 1 is 0.571 bits per heavy atom. The van der Waals surface area contributed by atoms with Crippen LogP contribution in [0.5, 0.6) is 0 Å². The van der Waals surface area contributed by atoms with Gasteiger partial charge in [0.05, 0.1) is 32.8 Å². The normalized spacial score (nSPS) is 12.6. The van der Waals surface area contributed by atoms with E-state index in [1.54, 1.807) is 14.9 Å². The summed E-state index contributed by atoms with van der Waals surface area (Å²) in [6.07, 6.45) is 0. The van der Waals surface area contributed by atoms with Crippen LogP contribution >= 0.6 is 0 Å². The highest BCUT2D eigenvalue weighted by Gasteiger charge is 2.20. The Kier molecular flexibility index (Phi) is 2.22. The molecule has 0 aliphatic heterocycles. The third-order valence-corrected chi connectivity index (χ3v) is 5.63. The number of rotatable bonds is 0. The molecule has 6 nitrogen and oxygen atoms in total. The second-order valence-corrected chi connectivity index (χ2v) is 7.07. The minimum absolute atomic E-state index is 0.149. The second kappa shape index (κ2) is 4.43. The molecule has 0 radical (unpaired) electrons. The fourth-order valence-corrected chi connectivity index (χ4v) is 4.39. The van der Waals surface area contributed by atoms with Crippen molar-refractivity contribution in [3.8, 4) is 0 Å². The van der Waals surface area contributed by atoms with Crippen LogP contribution in [0, 0.1) is 0 Å². The molecule has 0 fully saturated rings. The molecule has 0 spiro atoms. The number of nitrogens with zero attached hydrogens (tertiary/aromatic N) is 4. The van der Waals surface area contributed by atoms with E-state index in [4.69, 9.17) is 0 Å². The van der Waals surface area contributed by atoms with Gasteiger partial charge in [-0.15, -0.1) is 0 Å². The lowest BCUT2D eigenvalue weighted by molar-refractivity contribution is 1.21. The summed E-state index contributed by atoms with van der Waals surface area (Å²) in [6.45, 7) is 0. The fraction of sp³-hybridized carbons (Fsp3) is 0. The van der Waals surface area contributed by atoms with E-state index in [9.17, 15) is 9.59 Å². The lowest BCUT2D eigenvalue weighted by Gasteiger charge is -1.91. The van der Waals surface area contributed by atoms with Crippen LogP contribution in [-0.2, 0) is 0 Å². The third kappa shape index (κ3) is 1.43. The summed E-state index contributed by atoms with van der Waals surface area (Å²) in [4.78, 5) is 35.5. The van der Waals surface area contributed by atoms with E-state index in [2.05, 4.69) is 9.97 Å². The maximum Gasteiger partial charge on any atom is 0.264 e. The molecule has 0 saturated heterocycles.